The van der Waals surface area contributed by atoms with Gasteiger partial charge in [-0.3, -0.25) is 0 Å². The van der Waals surface area contributed by atoms with Crippen molar-refractivity contribution in [3.8, 4) is 0 Å². The fraction of sp³-hybridized carbons (Fsp3) is 0.0769. The number of benzene rings is 2. The van der Waals surface area contributed by atoms with Crippen molar-refractivity contribution in [2.75, 3.05) is 0 Å². The van der Waals surface area contributed by atoms with Crippen LogP contribution in [0, 0.1) is 6.92 Å². The highest BCUT2D eigenvalue weighted by atomic mass is 19.1. The Labute approximate surface area is 82.7 Å². The molecular weight excluding hydrogens is 175 g/mol. The van der Waals surface area contributed by atoms with Gasteiger partial charge in [0, 0.05) is 0 Å². The molecule has 0 radical (unpaired) electrons. The van der Waals surface area contributed by atoms with Gasteiger partial charge in [0.15, 0.2) is 0 Å². The number of halogens is 1. The van der Waals surface area contributed by atoms with Crippen LogP contribution >= 0.6 is 0 Å². The third-order valence-corrected chi connectivity index (χ3v) is 2.42. The Bertz CT molecular complexity index is 484. The van der Waals surface area contributed by atoms with Crippen molar-refractivity contribution >= 4 is 16.8 Å². The summed E-state index contributed by atoms with van der Waals surface area (Å²) in [4.78, 5) is 0. The molecular formula is C13H11F. The van der Waals surface area contributed by atoms with Gasteiger partial charge in [0.2, 0.25) is 0 Å². The van der Waals surface area contributed by atoms with Gasteiger partial charge in [-0.05, 0) is 34.9 Å². The molecule has 0 amide bonds. The molecule has 0 nitrogen and oxygen atoms in total. The van der Waals surface area contributed by atoms with E-state index in [2.05, 4.69) is 6.07 Å². The van der Waals surface area contributed by atoms with Crippen LogP contribution < -0.4 is 0 Å². The highest BCUT2D eigenvalue weighted by Crippen LogP contribution is 2.23. The Hall–Kier alpha value is -1.63. The number of rotatable bonds is 1. The predicted molar refractivity (Wildman–Crippen MR) is 58.8 cm³/mol. The molecule has 0 saturated carbocycles. The third kappa shape index (κ3) is 1.41. The van der Waals surface area contributed by atoms with Crippen molar-refractivity contribution in [2.24, 2.45) is 0 Å². The SMILES string of the molecule is Cc1ccc2ccccc2c1C=CF. The van der Waals surface area contributed by atoms with Gasteiger partial charge in [0.1, 0.15) is 0 Å². The Morgan fingerprint density at radius 2 is 1.86 bits per heavy atom. The minimum Gasteiger partial charge on any atom is -0.216 e. The highest BCUT2D eigenvalue weighted by Gasteiger charge is 2.00. The Kier molecular flexibility index (Phi) is 2.32. The maximum Gasteiger partial charge on any atom is 0.0873 e. The van der Waals surface area contributed by atoms with Gasteiger partial charge in [-0.1, -0.05) is 36.4 Å². The molecule has 14 heavy (non-hydrogen) atoms. The van der Waals surface area contributed by atoms with Gasteiger partial charge < -0.3 is 0 Å². The van der Waals surface area contributed by atoms with Crippen LogP contribution in [0.3, 0.4) is 0 Å². The van der Waals surface area contributed by atoms with E-state index in [0.717, 1.165) is 21.9 Å². The lowest BCUT2D eigenvalue weighted by Crippen LogP contribution is -1.83. The minimum absolute atomic E-state index is 0.592. The lowest BCUT2D eigenvalue weighted by molar-refractivity contribution is 0.727. The maximum atomic E-state index is 12.2. The number of fused-ring (bicyclic) bond motifs is 1. The van der Waals surface area contributed by atoms with E-state index in [1.54, 1.807) is 0 Å². The average Bonchev–Trinajstić information content (AvgIpc) is 2.23. The zero-order valence-corrected chi connectivity index (χ0v) is 8.00. The third-order valence-electron chi connectivity index (χ3n) is 2.42. The molecule has 0 fully saturated rings. The van der Waals surface area contributed by atoms with Crippen molar-refractivity contribution in [2.45, 2.75) is 6.92 Å². The van der Waals surface area contributed by atoms with Crippen LogP contribution in [0.5, 0.6) is 0 Å². The molecule has 0 aliphatic rings. The van der Waals surface area contributed by atoms with Gasteiger partial charge in [0.25, 0.3) is 0 Å². The predicted octanol–water partition coefficient (Wildman–Crippen LogP) is 4.09. The molecule has 0 atom stereocenters. The van der Waals surface area contributed by atoms with Crippen molar-refractivity contribution in [1.29, 1.82) is 0 Å². The van der Waals surface area contributed by atoms with E-state index in [9.17, 15) is 4.39 Å². The maximum absolute atomic E-state index is 12.2. The van der Waals surface area contributed by atoms with E-state index >= 15 is 0 Å². The van der Waals surface area contributed by atoms with Gasteiger partial charge in [0.05, 0.1) is 6.33 Å². The van der Waals surface area contributed by atoms with E-state index in [1.807, 2.05) is 37.3 Å². The summed E-state index contributed by atoms with van der Waals surface area (Å²) in [6.07, 6.45) is 2.10. The fourth-order valence-electron chi connectivity index (χ4n) is 1.69. The highest BCUT2D eigenvalue weighted by molar-refractivity contribution is 5.91. The molecule has 0 unspecified atom stereocenters. The van der Waals surface area contributed by atoms with Crippen LogP contribution in [0.2, 0.25) is 0 Å². The van der Waals surface area contributed by atoms with Crippen LogP contribution in [-0.2, 0) is 0 Å². The first kappa shape index (κ1) is 8.95. The Morgan fingerprint density at radius 1 is 1.07 bits per heavy atom. The second-order valence-electron chi connectivity index (χ2n) is 3.31. The smallest absolute Gasteiger partial charge is 0.0873 e. The zero-order chi connectivity index (χ0) is 9.97. The summed E-state index contributed by atoms with van der Waals surface area (Å²) in [6.45, 7) is 1.99. The normalized spacial score (nSPS) is 11.3. The average molecular weight is 186 g/mol. The molecule has 2 aromatic carbocycles. The molecule has 0 spiro atoms. The molecule has 0 bridgehead atoms. The van der Waals surface area contributed by atoms with Crippen LogP contribution in [0.4, 0.5) is 4.39 Å². The van der Waals surface area contributed by atoms with E-state index in [-0.39, 0.29) is 0 Å². The van der Waals surface area contributed by atoms with Crippen molar-refractivity contribution in [1.82, 2.24) is 0 Å². The summed E-state index contributed by atoms with van der Waals surface area (Å²) in [7, 11) is 0. The van der Waals surface area contributed by atoms with E-state index in [1.165, 1.54) is 6.08 Å². The second-order valence-corrected chi connectivity index (χ2v) is 3.31. The molecule has 0 heterocycles. The molecule has 2 rings (SSSR count). The van der Waals surface area contributed by atoms with E-state index < -0.39 is 0 Å². The summed E-state index contributed by atoms with van der Waals surface area (Å²) >= 11 is 0. The zero-order valence-electron chi connectivity index (χ0n) is 8.00. The summed E-state index contributed by atoms with van der Waals surface area (Å²) < 4.78 is 12.2. The first-order valence-electron chi connectivity index (χ1n) is 4.58. The van der Waals surface area contributed by atoms with Crippen molar-refractivity contribution in [3.05, 3.63) is 53.9 Å². The monoisotopic (exact) mass is 186 g/mol. The molecule has 0 aromatic heterocycles. The van der Waals surface area contributed by atoms with Crippen LogP contribution in [0.25, 0.3) is 16.8 Å². The number of hydrogen-bond donors (Lipinski definition) is 0. The topological polar surface area (TPSA) is 0 Å². The quantitative estimate of drug-likeness (QED) is 0.629. The molecule has 0 N–H and O–H groups in total. The summed E-state index contributed by atoms with van der Waals surface area (Å²) in [6, 6.07) is 12.1. The molecule has 2 aromatic rings. The van der Waals surface area contributed by atoms with E-state index in [0.29, 0.717) is 6.33 Å². The van der Waals surface area contributed by atoms with Gasteiger partial charge in [-0.2, -0.15) is 0 Å². The van der Waals surface area contributed by atoms with Gasteiger partial charge in [-0.15, -0.1) is 0 Å². The van der Waals surface area contributed by atoms with Gasteiger partial charge in [-0.25, -0.2) is 4.39 Å². The van der Waals surface area contributed by atoms with Crippen LogP contribution in [0.1, 0.15) is 11.1 Å². The summed E-state index contributed by atoms with van der Waals surface area (Å²) in [5, 5.41) is 2.24. The Balaban J connectivity index is 2.82. The van der Waals surface area contributed by atoms with Crippen molar-refractivity contribution < 1.29 is 4.39 Å². The largest absolute Gasteiger partial charge is 0.216 e. The van der Waals surface area contributed by atoms with Crippen LogP contribution in [-0.4, -0.2) is 0 Å². The molecule has 0 aliphatic heterocycles. The first-order valence-corrected chi connectivity index (χ1v) is 4.58. The second kappa shape index (κ2) is 3.62. The molecule has 1 heteroatoms. The lowest BCUT2D eigenvalue weighted by Gasteiger charge is -2.05. The standard InChI is InChI=1S/C13H11F/c1-10-6-7-11-4-2-3-5-13(11)12(10)8-9-14/h2-9H,1H3. The number of aryl methyl sites for hydroxylation is 1. The summed E-state index contributed by atoms with van der Waals surface area (Å²) in [5.74, 6) is 0. The molecule has 70 valence electrons. The summed E-state index contributed by atoms with van der Waals surface area (Å²) in [5.41, 5.74) is 2.06. The number of hydrogen-bond acceptors (Lipinski definition) is 0. The first-order chi connectivity index (χ1) is 6.83. The van der Waals surface area contributed by atoms with E-state index in [4.69, 9.17) is 0 Å². The molecule has 0 aliphatic carbocycles. The van der Waals surface area contributed by atoms with Crippen LogP contribution in [0.15, 0.2) is 42.7 Å². The Morgan fingerprint density at radius 3 is 2.64 bits per heavy atom. The minimum atomic E-state index is 0.592. The van der Waals surface area contributed by atoms with Crippen molar-refractivity contribution in [3.63, 3.8) is 0 Å². The molecule has 0 saturated heterocycles. The lowest BCUT2D eigenvalue weighted by atomic mass is 10.00. The fourth-order valence-corrected chi connectivity index (χ4v) is 1.69. The van der Waals surface area contributed by atoms with Gasteiger partial charge >= 0.3 is 0 Å².